The van der Waals surface area contributed by atoms with Gasteiger partial charge < -0.3 is 14.8 Å². The first-order valence-electron chi connectivity index (χ1n) is 9.17. The maximum Gasteiger partial charge on any atom is 0.119 e. The van der Waals surface area contributed by atoms with Crippen molar-refractivity contribution in [3.05, 3.63) is 59.7 Å². The molecule has 3 heteroatoms. The minimum Gasteiger partial charge on any atom is -0.493 e. The topological polar surface area (TPSA) is 30.5 Å². The molecule has 0 radical (unpaired) electrons. The molecule has 0 spiro atoms. The van der Waals surface area contributed by atoms with Crippen molar-refractivity contribution in [2.45, 2.75) is 40.8 Å². The van der Waals surface area contributed by atoms with E-state index in [0.29, 0.717) is 11.8 Å². The Hall–Kier alpha value is -2.00. The van der Waals surface area contributed by atoms with Crippen LogP contribution in [0.2, 0.25) is 0 Å². The molecule has 0 aliphatic carbocycles. The van der Waals surface area contributed by atoms with Crippen LogP contribution >= 0.6 is 0 Å². The van der Waals surface area contributed by atoms with Gasteiger partial charge in [-0.3, -0.25) is 0 Å². The molecule has 1 N–H and O–H groups in total. The van der Waals surface area contributed by atoms with Crippen molar-refractivity contribution in [3.8, 4) is 11.5 Å². The number of rotatable bonds is 10. The molecule has 136 valence electrons. The summed E-state index contributed by atoms with van der Waals surface area (Å²) in [4.78, 5) is 0. The van der Waals surface area contributed by atoms with E-state index >= 15 is 0 Å². The average molecular weight is 341 g/mol. The second-order valence-electron chi connectivity index (χ2n) is 7.30. The van der Waals surface area contributed by atoms with E-state index in [1.807, 2.05) is 24.3 Å². The molecule has 0 aromatic heterocycles. The smallest absolute Gasteiger partial charge is 0.119 e. The summed E-state index contributed by atoms with van der Waals surface area (Å²) >= 11 is 0. The average Bonchev–Trinajstić information content (AvgIpc) is 2.60. The van der Waals surface area contributed by atoms with Crippen LogP contribution in [0.3, 0.4) is 0 Å². The molecule has 0 heterocycles. The summed E-state index contributed by atoms with van der Waals surface area (Å²) in [7, 11) is 0. The minimum absolute atomic E-state index is 0.545. The van der Waals surface area contributed by atoms with Crippen LogP contribution in [0.4, 0.5) is 0 Å². The highest BCUT2D eigenvalue weighted by atomic mass is 16.5. The minimum atomic E-state index is 0.545. The van der Waals surface area contributed by atoms with Gasteiger partial charge in [0, 0.05) is 13.1 Å². The summed E-state index contributed by atoms with van der Waals surface area (Å²) in [6.07, 6.45) is 0. The lowest BCUT2D eigenvalue weighted by molar-refractivity contribution is 0.271. The Bertz CT molecular complexity index is 547. The molecule has 3 nitrogen and oxygen atoms in total. The third-order valence-electron chi connectivity index (χ3n) is 3.67. The largest absolute Gasteiger partial charge is 0.493 e. The first-order valence-corrected chi connectivity index (χ1v) is 9.17. The molecule has 0 bridgehead atoms. The predicted molar refractivity (Wildman–Crippen MR) is 104 cm³/mol. The highest BCUT2D eigenvalue weighted by Crippen LogP contribution is 2.15. The van der Waals surface area contributed by atoms with Crippen LogP contribution in [-0.2, 0) is 13.1 Å². The summed E-state index contributed by atoms with van der Waals surface area (Å²) in [5.41, 5.74) is 2.52. The standard InChI is InChI=1S/C22H31NO2/c1-17(2)15-24-21-9-5-19(6-10-21)13-23-14-20-7-11-22(12-8-20)25-16-18(3)4/h5-12,17-18,23H,13-16H2,1-4H3. The number of hydrogen-bond acceptors (Lipinski definition) is 3. The molecule has 0 unspecified atom stereocenters. The maximum absolute atomic E-state index is 5.71. The van der Waals surface area contributed by atoms with E-state index in [1.54, 1.807) is 0 Å². The maximum atomic E-state index is 5.71. The Morgan fingerprint density at radius 1 is 0.640 bits per heavy atom. The second kappa shape index (κ2) is 10.1. The van der Waals surface area contributed by atoms with Gasteiger partial charge in [0.05, 0.1) is 13.2 Å². The van der Waals surface area contributed by atoms with Crippen molar-refractivity contribution in [2.75, 3.05) is 13.2 Å². The molecular weight excluding hydrogens is 310 g/mol. The molecule has 0 aliphatic heterocycles. The zero-order valence-corrected chi connectivity index (χ0v) is 15.9. The Kier molecular flexibility index (Phi) is 7.80. The van der Waals surface area contributed by atoms with Crippen LogP contribution in [0.5, 0.6) is 11.5 Å². The lowest BCUT2D eigenvalue weighted by atomic mass is 10.2. The monoisotopic (exact) mass is 341 g/mol. The van der Waals surface area contributed by atoms with Crippen LogP contribution in [0.1, 0.15) is 38.8 Å². The zero-order valence-electron chi connectivity index (χ0n) is 15.9. The normalized spacial score (nSPS) is 11.1. The first kappa shape index (κ1) is 19.3. The Morgan fingerprint density at radius 3 is 1.32 bits per heavy atom. The molecule has 25 heavy (non-hydrogen) atoms. The third-order valence-corrected chi connectivity index (χ3v) is 3.67. The van der Waals surface area contributed by atoms with Gasteiger partial charge in [-0.15, -0.1) is 0 Å². The fraction of sp³-hybridized carbons (Fsp3) is 0.455. The zero-order chi connectivity index (χ0) is 18.1. The van der Waals surface area contributed by atoms with E-state index in [-0.39, 0.29) is 0 Å². The molecular formula is C22H31NO2. The summed E-state index contributed by atoms with van der Waals surface area (Å²) in [6.45, 7) is 11.8. The highest BCUT2D eigenvalue weighted by molar-refractivity contribution is 5.28. The van der Waals surface area contributed by atoms with Gasteiger partial charge in [-0.2, -0.15) is 0 Å². The van der Waals surface area contributed by atoms with Crippen molar-refractivity contribution < 1.29 is 9.47 Å². The number of hydrogen-bond donors (Lipinski definition) is 1. The molecule has 2 aromatic carbocycles. The number of nitrogens with one attached hydrogen (secondary N) is 1. The summed E-state index contributed by atoms with van der Waals surface area (Å²) in [6, 6.07) is 16.6. The van der Waals surface area contributed by atoms with Crippen molar-refractivity contribution in [2.24, 2.45) is 11.8 Å². The second-order valence-corrected chi connectivity index (χ2v) is 7.30. The van der Waals surface area contributed by atoms with Gasteiger partial charge in [-0.25, -0.2) is 0 Å². The molecule has 2 aromatic rings. The van der Waals surface area contributed by atoms with Crippen LogP contribution < -0.4 is 14.8 Å². The number of ether oxygens (including phenoxy) is 2. The van der Waals surface area contributed by atoms with Gasteiger partial charge in [0.2, 0.25) is 0 Å². The lowest BCUT2D eigenvalue weighted by Gasteiger charge is -2.11. The highest BCUT2D eigenvalue weighted by Gasteiger charge is 2.00. The van der Waals surface area contributed by atoms with Crippen molar-refractivity contribution >= 4 is 0 Å². The van der Waals surface area contributed by atoms with Gasteiger partial charge in [0.1, 0.15) is 11.5 Å². The molecule has 0 aliphatic rings. The van der Waals surface area contributed by atoms with Crippen molar-refractivity contribution in [3.63, 3.8) is 0 Å². The van der Waals surface area contributed by atoms with Gasteiger partial charge in [0.25, 0.3) is 0 Å². The van der Waals surface area contributed by atoms with Gasteiger partial charge in [-0.05, 0) is 47.2 Å². The predicted octanol–water partition coefficient (Wildman–Crippen LogP) is 5.05. The molecule has 0 atom stereocenters. The van der Waals surface area contributed by atoms with E-state index in [1.165, 1.54) is 11.1 Å². The van der Waals surface area contributed by atoms with Crippen LogP contribution in [-0.4, -0.2) is 13.2 Å². The summed E-state index contributed by atoms with van der Waals surface area (Å²) < 4.78 is 11.4. The lowest BCUT2D eigenvalue weighted by Crippen LogP contribution is -2.12. The SMILES string of the molecule is CC(C)COc1ccc(CNCc2ccc(OCC(C)C)cc2)cc1. The van der Waals surface area contributed by atoms with E-state index < -0.39 is 0 Å². The third kappa shape index (κ3) is 7.61. The Labute approximate surface area is 152 Å². The van der Waals surface area contributed by atoms with E-state index in [0.717, 1.165) is 37.8 Å². The van der Waals surface area contributed by atoms with Crippen LogP contribution in [0, 0.1) is 11.8 Å². The van der Waals surface area contributed by atoms with E-state index in [2.05, 4.69) is 57.3 Å². The Morgan fingerprint density at radius 2 is 1.00 bits per heavy atom. The van der Waals surface area contributed by atoms with E-state index in [4.69, 9.17) is 9.47 Å². The molecule has 0 amide bonds. The van der Waals surface area contributed by atoms with Crippen LogP contribution in [0.15, 0.2) is 48.5 Å². The molecule has 0 saturated carbocycles. The van der Waals surface area contributed by atoms with Crippen LogP contribution in [0.25, 0.3) is 0 Å². The molecule has 0 fully saturated rings. The molecule has 0 saturated heterocycles. The first-order chi connectivity index (χ1) is 12.0. The fourth-order valence-electron chi connectivity index (χ4n) is 2.28. The fourth-order valence-corrected chi connectivity index (χ4v) is 2.28. The number of benzene rings is 2. The van der Waals surface area contributed by atoms with Gasteiger partial charge in [0.15, 0.2) is 0 Å². The summed E-state index contributed by atoms with van der Waals surface area (Å²) in [5, 5.41) is 3.48. The van der Waals surface area contributed by atoms with Crippen molar-refractivity contribution in [1.29, 1.82) is 0 Å². The quantitative estimate of drug-likeness (QED) is 0.656. The Balaban J connectivity index is 1.73. The van der Waals surface area contributed by atoms with Crippen molar-refractivity contribution in [1.82, 2.24) is 5.32 Å². The van der Waals surface area contributed by atoms with Gasteiger partial charge in [-0.1, -0.05) is 52.0 Å². The molecule has 2 rings (SSSR count). The van der Waals surface area contributed by atoms with Gasteiger partial charge >= 0.3 is 0 Å². The van der Waals surface area contributed by atoms with E-state index in [9.17, 15) is 0 Å². The summed E-state index contributed by atoms with van der Waals surface area (Å²) in [5.74, 6) is 2.97.